The van der Waals surface area contributed by atoms with E-state index < -0.39 is 141 Å². The molecule has 0 N–H and O–H groups in total. The molecule has 19 rings (SSSR count). The summed E-state index contributed by atoms with van der Waals surface area (Å²) in [5.74, 6) is 0. The summed E-state index contributed by atoms with van der Waals surface area (Å²) < 4.78 is 175. The van der Waals surface area contributed by atoms with Crippen LogP contribution < -0.4 is 0 Å². The van der Waals surface area contributed by atoms with E-state index in [1.807, 2.05) is 133 Å². The zero-order valence-corrected chi connectivity index (χ0v) is 45.7. The van der Waals surface area contributed by atoms with E-state index in [1.54, 1.807) is 45.5 Å². The molecule has 0 atom stereocenters. The van der Waals surface area contributed by atoms with Gasteiger partial charge >= 0.3 is 0 Å². The third-order valence-electron chi connectivity index (χ3n) is 17.3. The van der Waals surface area contributed by atoms with E-state index in [0.29, 0.717) is 65.3 Å². The number of benzene rings is 13. The van der Waals surface area contributed by atoms with Gasteiger partial charge in [0.2, 0.25) is 0 Å². The van der Waals surface area contributed by atoms with Crippen LogP contribution in [0.25, 0.3) is 176 Å². The van der Waals surface area contributed by atoms with Crippen LogP contribution in [0.2, 0.25) is 0 Å². The van der Waals surface area contributed by atoms with Gasteiger partial charge in [-0.05, 0) is 95.0 Å². The minimum absolute atomic E-state index is 0.232. The van der Waals surface area contributed by atoms with Gasteiger partial charge in [-0.1, -0.05) is 194 Å². The highest BCUT2D eigenvalue weighted by Gasteiger charge is 2.36. The van der Waals surface area contributed by atoms with Gasteiger partial charge in [-0.2, -0.15) is 10.5 Å². The molecule has 406 valence electrons. The molecule has 0 saturated heterocycles. The highest BCUT2D eigenvalue weighted by atomic mass is 16.3. The number of nitrogens with zero attached hydrogens (tertiary/aromatic N) is 6. The predicted octanol–water partition coefficient (Wildman–Crippen LogP) is 21.0. The SMILES string of the molecule is [2H]c1c([2H])c([2H])c2c(c1[2H])c1c([2H])c([2H])c([2H])c([2H])c1n2-c1c(C#N)c(-n2c3ccc(-c4ccccc4)cc3c3ccc4c5ccccc5oc4c32)c(-n2c3c([2H])c([2H])c([2H])c([2H])c3c3c([2H])c([2H])c([2H])c([2H])c32)c(C#N)c1-n1c2ccc(-c3ccccc3)cc2c2ccc3c4ccccc4oc3c21. The molecule has 0 spiro atoms. The van der Waals surface area contributed by atoms with Gasteiger partial charge < -0.3 is 27.1 Å². The fourth-order valence-electron chi connectivity index (χ4n) is 13.7. The quantitative estimate of drug-likeness (QED) is 0.166. The topological polar surface area (TPSA) is 93.6 Å². The van der Waals surface area contributed by atoms with Crippen molar-refractivity contribution in [2.45, 2.75) is 0 Å². The van der Waals surface area contributed by atoms with Gasteiger partial charge in [0.1, 0.15) is 34.4 Å². The maximum atomic E-state index is 13.4. The van der Waals surface area contributed by atoms with Gasteiger partial charge in [0.25, 0.3) is 0 Å². The van der Waals surface area contributed by atoms with Crippen LogP contribution in [0.1, 0.15) is 33.1 Å². The number of aromatic nitrogens is 4. The van der Waals surface area contributed by atoms with Gasteiger partial charge in [-0.15, -0.1) is 0 Å². The second-order valence-electron chi connectivity index (χ2n) is 21.7. The summed E-state index contributed by atoms with van der Waals surface area (Å²) in [4.78, 5) is 0. The minimum Gasteiger partial charge on any atom is -0.454 e. The standard InChI is InChI=1S/C80H44N6O2/c81-45-63-74(84-67-31-15-9-25-53(67)54-26-10-16-32-68(54)84)76(86-70-42-36-50(48-21-5-2-6-22-48)44-62(70)58-38-40-60-56-28-12-18-34-72(56)88-80(60)78(58)86)64(46-82)73(83-65-29-13-7-23-51(65)52-24-8-14-30-66(52)83)75(63)85-69-41-35-49(47-19-3-1-4-20-47)43-61(69)57-37-39-59-55-27-11-17-33-71(55)87-79(59)77(57)85/h1-44H/i7D,8D,9D,10D,13D,14D,15D,16D,23D,24D,25D,26D,29D,30D,31D,32D. The fraction of sp³-hybridized carbons (Fsp3) is 0. The average molecular weight is 1140 g/mol. The van der Waals surface area contributed by atoms with Crippen LogP contribution in [0.4, 0.5) is 0 Å². The molecule has 13 aromatic carbocycles. The zero-order valence-electron chi connectivity index (χ0n) is 61.7. The molecule has 0 unspecified atom stereocenters. The average Bonchev–Trinajstić information content (AvgIpc) is 1.48. The Balaban J connectivity index is 1.18. The van der Waals surface area contributed by atoms with Crippen LogP contribution >= 0.6 is 0 Å². The number of fused-ring (bicyclic) bond motifs is 20. The van der Waals surface area contributed by atoms with Crippen molar-refractivity contribution < 1.29 is 30.8 Å². The lowest BCUT2D eigenvalue weighted by molar-refractivity contribution is 0.670. The lowest BCUT2D eigenvalue weighted by atomic mass is 9.98. The lowest BCUT2D eigenvalue weighted by Crippen LogP contribution is -2.16. The first-order chi connectivity index (χ1) is 50.3. The van der Waals surface area contributed by atoms with Crippen LogP contribution in [-0.4, -0.2) is 18.3 Å². The molecule has 19 aromatic rings. The van der Waals surface area contributed by atoms with E-state index >= 15 is 0 Å². The molecule has 0 aliphatic rings. The predicted molar refractivity (Wildman–Crippen MR) is 359 cm³/mol. The first kappa shape index (κ1) is 35.1. The van der Waals surface area contributed by atoms with Gasteiger partial charge in [0.15, 0.2) is 11.2 Å². The lowest BCUT2D eigenvalue weighted by Gasteiger charge is -2.27. The summed E-state index contributed by atoms with van der Waals surface area (Å²) in [5.41, 5.74) is 1.17. The monoisotopic (exact) mass is 1140 g/mol. The molecule has 0 amide bonds. The number of hydrogen-bond donors (Lipinski definition) is 0. The Morgan fingerprint density at radius 3 is 1.01 bits per heavy atom. The first-order valence-corrected chi connectivity index (χ1v) is 28.2. The molecular weight excluding hydrogens is 1080 g/mol. The van der Waals surface area contributed by atoms with Crippen molar-refractivity contribution in [1.82, 2.24) is 18.3 Å². The summed E-state index contributed by atoms with van der Waals surface area (Å²) in [5, 5.41) is 29.9. The van der Waals surface area contributed by atoms with Crippen molar-refractivity contribution in [1.29, 1.82) is 10.5 Å². The van der Waals surface area contributed by atoms with E-state index in [1.165, 1.54) is 9.13 Å². The number of para-hydroxylation sites is 6. The van der Waals surface area contributed by atoms with Crippen molar-refractivity contribution in [3.05, 3.63) is 278 Å². The maximum Gasteiger partial charge on any atom is 0.160 e. The zero-order chi connectivity index (χ0) is 71.8. The molecule has 8 heteroatoms. The van der Waals surface area contributed by atoms with E-state index in [2.05, 4.69) is 12.1 Å². The molecule has 0 saturated carbocycles. The molecule has 8 nitrogen and oxygen atoms in total. The van der Waals surface area contributed by atoms with Crippen molar-refractivity contribution in [2.75, 3.05) is 0 Å². The molecule has 6 aromatic heterocycles. The third kappa shape index (κ3) is 6.44. The van der Waals surface area contributed by atoms with Crippen molar-refractivity contribution in [2.24, 2.45) is 0 Å². The Hall–Kier alpha value is -12.4. The fourth-order valence-corrected chi connectivity index (χ4v) is 13.7. The Kier molecular flexibility index (Phi) is 7.20. The van der Waals surface area contributed by atoms with Crippen LogP contribution in [0, 0.1) is 22.7 Å². The van der Waals surface area contributed by atoms with Crippen LogP contribution in [0.15, 0.2) is 275 Å². The highest BCUT2D eigenvalue weighted by Crippen LogP contribution is 2.52. The van der Waals surface area contributed by atoms with Crippen LogP contribution in [0.3, 0.4) is 0 Å². The van der Waals surface area contributed by atoms with Gasteiger partial charge in [0.05, 0.1) is 88.8 Å². The normalized spacial score (nSPS) is 14.6. The molecular formula is C80H44N6O2. The Morgan fingerprint density at radius 2 is 0.625 bits per heavy atom. The van der Waals surface area contributed by atoms with E-state index in [9.17, 15) is 32.5 Å². The summed E-state index contributed by atoms with van der Waals surface area (Å²) >= 11 is 0. The molecule has 0 radical (unpaired) electrons. The van der Waals surface area contributed by atoms with Crippen molar-refractivity contribution in [3.8, 4) is 57.1 Å². The minimum atomic E-state index is -0.800. The molecule has 88 heavy (non-hydrogen) atoms. The van der Waals surface area contributed by atoms with Gasteiger partial charge in [-0.3, -0.25) is 0 Å². The van der Waals surface area contributed by atoms with E-state index in [0.717, 1.165) is 22.3 Å². The molecule has 0 bridgehead atoms. The summed E-state index contributed by atoms with van der Waals surface area (Å²) in [6.07, 6.45) is 0. The summed E-state index contributed by atoms with van der Waals surface area (Å²) in [6, 6.07) is 45.4. The first-order valence-electron chi connectivity index (χ1n) is 36.2. The Bertz CT molecular complexity index is 6750. The van der Waals surface area contributed by atoms with Crippen molar-refractivity contribution in [3.63, 3.8) is 0 Å². The van der Waals surface area contributed by atoms with E-state index in [-0.39, 0.29) is 55.1 Å². The summed E-state index contributed by atoms with van der Waals surface area (Å²) in [6.45, 7) is 0. The second-order valence-corrected chi connectivity index (χ2v) is 21.7. The number of nitriles is 2. The molecule has 0 aliphatic heterocycles. The number of rotatable bonds is 6. The molecule has 0 aliphatic carbocycles. The largest absolute Gasteiger partial charge is 0.454 e. The number of furan rings is 2. The third-order valence-corrected chi connectivity index (χ3v) is 17.3. The number of hydrogen-bond acceptors (Lipinski definition) is 4. The highest BCUT2D eigenvalue weighted by molar-refractivity contribution is 6.25. The Morgan fingerprint density at radius 1 is 0.284 bits per heavy atom. The Labute approximate surface area is 523 Å². The molecule has 6 heterocycles. The van der Waals surface area contributed by atoms with Gasteiger partial charge in [-0.25, -0.2) is 0 Å². The second kappa shape index (κ2) is 18.1. The van der Waals surface area contributed by atoms with Crippen molar-refractivity contribution >= 4 is 131 Å². The molecule has 0 fully saturated rings. The van der Waals surface area contributed by atoms with Gasteiger partial charge in [0, 0.05) is 64.6 Å². The smallest absolute Gasteiger partial charge is 0.160 e. The van der Waals surface area contributed by atoms with E-state index in [4.69, 9.17) is 8.83 Å². The van der Waals surface area contributed by atoms with Crippen LogP contribution in [0.5, 0.6) is 0 Å². The summed E-state index contributed by atoms with van der Waals surface area (Å²) in [7, 11) is 0. The maximum absolute atomic E-state index is 13.4. The van der Waals surface area contributed by atoms with Crippen LogP contribution in [-0.2, 0) is 0 Å².